The molecule has 2 rings (SSSR count). The molecule has 1 aliphatic heterocycles. The van der Waals surface area contributed by atoms with Crippen molar-refractivity contribution in [1.82, 2.24) is 4.90 Å². The monoisotopic (exact) mass is 379 g/mol. The molecule has 1 aromatic carbocycles. The summed E-state index contributed by atoms with van der Waals surface area (Å²) in [6.07, 6.45) is 6.16. The molecule has 0 spiro atoms. The van der Waals surface area contributed by atoms with E-state index in [-0.39, 0.29) is 51.6 Å². The van der Waals surface area contributed by atoms with Crippen LogP contribution in [0.3, 0.4) is 0 Å². The van der Waals surface area contributed by atoms with Gasteiger partial charge >= 0.3 is 0 Å². The van der Waals surface area contributed by atoms with Crippen molar-refractivity contribution in [3.63, 3.8) is 0 Å². The maximum Gasteiger partial charge on any atom is 0.256 e. The molecule has 3 nitrogen and oxygen atoms in total. The van der Waals surface area contributed by atoms with Gasteiger partial charge in [0, 0.05) is 39.1 Å². The van der Waals surface area contributed by atoms with Crippen molar-refractivity contribution in [3.8, 4) is 18.1 Å². The number of benzene rings is 1. The molecule has 0 unspecified atom stereocenters. The van der Waals surface area contributed by atoms with Crippen LogP contribution in [0.2, 0.25) is 0 Å². The largest absolute Gasteiger partial charge is 0.481 e. The molecule has 0 saturated heterocycles. The van der Waals surface area contributed by atoms with E-state index >= 15 is 0 Å². The van der Waals surface area contributed by atoms with Crippen molar-refractivity contribution in [1.29, 1.82) is 0 Å². The number of allylic oxidation sites excluding steroid dienone is 1. The van der Waals surface area contributed by atoms with Crippen LogP contribution in [0.1, 0.15) is 18.4 Å². The first kappa shape index (κ1) is 18.8. The number of carbonyl (C=O) groups is 1. The molecular formula is C16H14F2NO2Y-. The zero-order valence-corrected chi connectivity index (χ0v) is 14.7. The van der Waals surface area contributed by atoms with Crippen LogP contribution in [0.4, 0.5) is 8.78 Å². The van der Waals surface area contributed by atoms with E-state index in [1.165, 1.54) is 0 Å². The molecule has 1 aromatic rings. The number of halogens is 2. The molecule has 6 heteroatoms. The maximum atomic E-state index is 12.6. The summed E-state index contributed by atoms with van der Waals surface area (Å²) in [7, 11) is 0. The third-order valence-corrected chi connectivity index (χ3v) is 2.97. The van der Waals surface area contributed by atoms with Gasteiger partial charge in [-0.15, -0.1) is 30.7 Å². The zero-order chi connectivity index (χ0) is 15.2. The van der Waals surface area contributed by atoms with Crippen molar-refractivity contribution in [2.45, 2.75) is 19.3 Å². The van der Waals surface area contributed by atoms with Crippen LogP contribution >= 0.6 is 0 Å². The third kappa shape index (κ3) is 4.89. The van der Waals surface area contributed by atoms with Gasteiger partial charge in [0.1, 0.15) is 12.4 Å². The average Bonchev–Trinajstić information content (AvgIpc) is 2.47. The molecular weight excluding hydrogens is 365 g/mol. The number of amides is 1. The van der Waals surface area contributed by atoms with E-state index in [4.69, 9.17) is 11.2 Å². The van der Waals surface area contributed by atoms with Crippen LogP contribution in [0.25, 0.3) is 5.70 Å². The van der Waals surface area contributed by atoms with Crippen LogP contribution in [0, 0.1) is 18.4 Å². The summed E-state index contributed by atoms with van der Waals surface area (Å²) in [5.41, 5.74) is 1.05. The fourth-order valence-electron chi connectivity index (χ4n) is 2.07. The number of hydrogen-bond donors (Lipinski definition) is 0. The van der Waals surface area contributed by atoms with E-state index in [2.05, 4.69) is 12.0 Å². The molecule has 0 aromatic heterocycles. The minimum atomic E-state index is -2.58. The number of alkyl halides is 2. The van der Waals surface area contributed by atoms with Crippen LogP contribution in [0.15, 0.2) is 24.3 Å². The molecule has 0 fully saturated rings. The van der Waals surface area contributed by atoms with Crippen molar-refractivity contribution < 1.29 is 51.0 Å². The Morgan fingerprint density at radius 2 is 2.05 bits per heavy atom. The fourth-order valence-corrected chi connectivity index (χ4v) is 2.07. The first-order valence-electron chi connectivity index (χ1n) is 6.48. The van der Waals surface area contributed by atoms with Gasteiger partial charge in [-0.1, -0.05) is 5.92 Å². The number of ether oxygens (including phenoxy) is 1. The van der Waals surface area contributed by atoms with E-state index in [1.807, 2.05) is 0 Å². The molecule has 0 bridgehead atoms. The van der Waals surface area contributed by atoms with Gasteiger partial charge in [0.15, 0.2) is 0 Å². The maximum absolute atomic E-state index is 12.6. The number of hydrogen-bond acceptors (Lipinski definition) is 2. The van der Waals surface area contributed by atoms with Gasteiger partial charge < -0.3 is 9.64 Å². The molecule has 0 saturated carbocycles. The SMILES string of the molecule is C#CCOc1ccc(C2=[C-]CCC(=O)N2CC(F)F)cc1.[Y]. The molecule has 113 valence electrons. The van der Waals surface area contributed by atoms with Crippen molar-refractivity contribution >= 4 is 11.6 Å². The van der Waals surface area contributed by atoms with Crippen LogP contribution < -0.4 is 4.74 Å². The Kier molecular flexibility index (Phi) is 7.71. The topological polar surface area (TPSA) is 29.5 Å². The number of rotatable bonds is 5. The standard InChI is InChI=1S/C16H14F2NO2.Y/c1-2-10-21-13-8-6-12(7-9-13)14-4-3-5-16(20)19(14)11-15(17)18;/h1,6-9,15H,3,5,10-11H2;/q-1;. The van der Waals surface area contributed by atoms with Gasteiger partial charge in [0.25, 0.3) is 6.43 Å². The van der Waals surface area contributed by atoms with E-state index in [0.717, 1.165) is 4.90 Å². The Morgan fingerprint density at radius 3 is 2.64 bits per heavy atom. The van der Waals surface area contributed by atoms with E-state index in [9.17, 15) is 13.6 Å². The molecule has 1 heterocycles. The Balaban J connectivity index is 0.00000242. The Morgan fingerprint density at radius 1 is 1.36 bits per heavy atom. The molecule has 1 radical (unpaired) electrons. The smallest absolute Gasteiger partial charge is 0.256 e. The fraction of sp³-hybridized carbons (Fsp3) is 0.312. The Labute approximate surface area is 153 Å². The van der Waals surface area contributed by atoms with Gasteiger partial charge in [0.2, 0.25) is 5.91 Å². The van der Waals surface area contributed by atoms with Gasteiger partial charge in [-0.2, -0.15) is 5.56 Å². The average molecular weight is 379 g/mol. The second-order valence-electron chi connectivity index (χ2n) is 4.44. The molecule has 22 heavy (non-hydrogen) atoms. The third-order valence-electron chi connectivity index (χ3n) is 2.97. The zero-order valence-electron chi connectivity index (χ0n) is 11.9. The second-order valence-corrected chi connectivity index (χ2v) is 4.44. The normalized spacial score (nSPS) is 14.2. The number of carbonyl (C=O) groups excluding carboxylic acids is 1. The second kappa shape index (κ2) is 9.02. The summed E-state index contributed by atoms with van der Waals surface area (Å²) >= 11 is 0. The summed E-state index contributed by atoms with van der Waals surface area (Å²) < 4.78 is 30.5. The van der Waals surface area contributed by atoms with Crippen molar-refractivity contribution in [2.24, 2.45) is 0 Å². The molecule has 1 amide bonds. The minimum absolute atomic E-state index is 0. The summed E-state index contributed by atoms with van der Waals surface area (Å²) in [4.78, 5) is 12.9. The molecule has 0 N–H and O–H groups in total. The van der Waals surface area contributed by atoms with Crippen LogP contribution in [-0.4, -0.2) is 30.4 Å². The molecule has 1 aliphatic rings. The first-order chi connectivity index (χ1) is 10.1. The number of nitrogens with zero attached hydrogens (tertiary/aromatic N) is 1. The summed E-state index contributed by atoms with van der Waals surface area (Å²) in [5, 5.41) is 0. The van der Waals surface area contributed by atoms with E-state index < -0.39 is 13.0 Å². The summed E-state index contributed by atoms with van der Waals surface area (Å²) in [5.74, 6) is 2.63. The first-order valence-corrected chi connectivity index (χ1v) is 6.48. The minimum Gasteiger partial charge on any atom is -0.481 e. The Hall–Kier alpha value is -1.25. The summed E-state index contributed by atoms with van der Waals surface area (Å²) in [6, 6.07) is 6.76. The van der Waals surface area contributed by atoms with Gasteiger partial charge in [-0.25, -0.2) is 14.9 Å². The van der Waals surface area contributed by atoms with Crippen molar-refractivity contribution in [3.05, 3.63) is 35.9 Å². The van der Waals surface area contributed by atoms with Crippen LogP contribution in [-0.2, 0) is 37.5 Å². The summed E-state index contributed by atoms with van der Waals surface area (Å²) in [6.45, 7) is -0.458. The molecule has 0 atom stereocenters. The van der Waals surface area contributed by atoms with Gasteiger partial charge in [-0.3, -0.25) is 4.79 Å². The van der Waals surface area contributed by atoms with E-state index in [0.29, 0.717) is 23.4 Å². The predicted molar refractivity (Wildman–Crippen MR) is 74.4 cm³/mol. The molecule has 0 aliphatic carbocycles. The predicted octanol–water partition coefficient (Wildman–Crippen LogP) is 2.73. The van der Waals surface area contributed by atoms with Crippen LogP contribution in [0.5, 0.6) is 5.75 Å². The quantitative estimate of drug-likeness (QED) is 0.582. The number of terminal acetylenes is 1. The van der Waals surface area contributed by atoms with Gasteiger partial charge in [0.05, 0.1) is 6.54 Å². The van der Waals surface area contributed by atoms with Gasteiger partial charge in [-0.05, 0) is 12.1 Å². The van der Waals surface area contributed by atoms with Crippen molar-refractivity contribution in [2.75, 3.05) is 13.2 Å². The Bertz CT molecular complexity index is 579. The van der Waals surface area contributed by atoms with E-state index in [1.54, 1.807) is 24.3 Å².